The number of fused-ring (bicyclic) bond motifs is 8. The highest BCUT2D eigenvalue weighted by Gasteiger charge is 2.18. The van der Waals surface area contributed by atoms with Gasteiger partial charge in [0.15, 0.2) is 17.5 Å². The van der Waals surface area contributed by atoms with Crippen LogP contribution in [0.5, 0.6) is 0 Å². The molecule has 0 saturated heterocycles. The number of rotatable bonds is 4. The molecule has 0 unspecified atom stereocenters. The second kappa shape index (κ2) is 10.9. The van der Waals surface area contributed by atoms with Gasteiger partial charge in [0.25, 0.3) is 0 Å². The van der Waals surface area contributed by atoms with Crippen LogP contribution in [0.2, 0.25) is 0 Å². The number of thiophene rings is 1. The fraction of sp³-hybridized carbons (Fsp3) is 0. The van der Waals surface area contributed by atoms with Crippen molar-refractivity contribution in [3.63, 3.8) is 0 Å². The van der Waals surface area contributed by atoms with E-state index in [0.717, 1.165) is 38.2 Å². The lowest BCUT2D eigenvalue weighted by Gasteiger charge is -2.11. The second-order valence-corrected chi connectivity index (χ2v) is 13.9. The minimum absolute atomic E-state index is 0.649. The number of benzene rings is 7. The van der Waals surface area contributed by atoms with E-state index in [2.05, 4.69) is 121 Å². The third kappa shape index (κ3) is 4.42. The molecule has 48 heavy (non-hydrogen) atoms. The third-order valence-corrected chi connectivity index (χ3v) is 11.2. The van der Waals surface area contributed by atoms with Crippen molar-refractivity contribution in [1.29, 1.82) is 0 Å². The fourth-order valence-corrected chi connectivity index (χ4v) is 8.94. The standard InChI is InChI=1S/C42H24N4S2/c1-3-10-27(11-4-1)39-44-40(46-41(45-39)31-15-9-17-35-37(31)30-14-7-8-16-34(30)47-35)29-21-19-25-18-20-26-22-23-33-38(36(26)32(25)24-29)48-42(43-33)28-12-5-2-6-13-28/h1-24H. The topological polar surface area (TPSA) is 51.6 Å². The quantitative estimate of drug-likeness (QED) is 0.178. The molecule has 0 bridgehead atoms. The number of hydrogen-bond donors (Lipinski definition) is 0. The van der Waals surface area contributed by atoms with Gasteiger partial charge in [0, 0.05) is 47.8 Å². The van der Waals surface area contributed by atoms with E-state index < -0.39 is 0 Å². The third-order valence-electron chi connectivity index (χ3n) is 8.94. The molecule has 0 aliphatic carbocycles. The van der Waals surface area contributed by atoms with Crippen molar-refractivity contribution in [3.05, 3.63) is 146 Å². The van der Waals surface area contributed by atoms with Crippen molar-refractivity contribution >= 4 is 74.6 Å². The molecular weight excluding hydrogens is 625 g/mol. The summed E-state index contributed by atoms with van der Waals surface area (Å²) in [6.07, 6.45) is 0. The maximum Gasteiger partial charge on any atom is 0.164 e. The molecule has 4 nitrogen and oxygen atoms in total. The molecule has 6 heteroatoms. The van der Waals surface area contributed by atoms with Crippen molar-refractivity contribution in [2.24, 2.45) is 0 Å². The molecule has 0 fully saturated rings. The zero-order valence-electron chi connectivity index (χ0n) is 25.5. The number of hydrogen-bond acceptors (Lipinski definition) is 6. The molecule has 3 aromatic heterocycles. The van der Waals surface area contributed by atoms with Gasteiger partial charge in [0.05, 0.1) is 10.2 Å². The van der Waals surface area contributed by atoms with Crippen LogP contribution in [0.3, 0.4) is 0 Å². The fourth-order valence-electron chi connectivity index (χ4n) is 6.67. The zero-order chi connectivity index (χ0) is 31.6. The summed E-state index contributed by atoms with van der Waals surface area (Å²) in [7, 11) is 0. The normalized spacial score (nSPS) is 11.8. The van der Waals surface area contributed by atoms with Crippen LogP contribution < -0.4 is 0 Å². The van der Waals surface area contributed by atoms with E-state index >= 15 is 0 Å². The van der Waals surface area contributed by atoms with E-state index in [1.807, 2.05) is 24.3 Å². The van der Waals surface area contributed by atoms with E-state index in [0.29, 0.717) is 17.5 Å². The Morgan fingerprint density at radius 3 is 1.92 bits per heavy atom. The summed E-state index contributed by atoms with van der Waals surface area (Å²) in [6, 6.07) is 50.9. The van der Waals surface area contributed by atoms with Gasteiger partial charge in [-0.05, 0) is 40.4 Å². The smallest absolute Gasteiger partial charge is 0.164 e. The maximum atomic E-state index is 5.20. The highest BCUT2D eigenvalue weighted by Crippen LogP contribution is 2.41. The highest BCUT2D eigenvalue weighted by atomic mass is 32.1. The first-order chi connectivity index (χ1) is 23.8. The van der Waals surface area contributed by atoms with E-state index in [-0.39, 0.29) is 0 Å². The Labute approximate surface area is 283 Å². The van der Waals surface area contributed by atoms with Gasteiger partial charge in [0.2, 0.25) is 0 Å². The molecule has 7 aromatic carbocycles. The molecule has 0 radical (unpaired) electrons. The molecule has 224 valence electrons. The summed E-state index contributed by atoms with van der Waals surface area (Å²) in [5.74, 6) is 1.97. The van der Waals surface area contributed by atoms with Gasteiger partial charge in [0.1, 0.15) is 5.01 Å². The van der Waals surface area contributed by atoms with Gasteiger partial charge in [-0.15, -0.1) is 22.7 Å². The average molecular weight is 649 g/mol. The first-order valence-corrected chi connectivity index (χ1v) is 17.4. The summed E-state index contributed by atoms with van der Waals surface area (Å²) in [5.41, 5.74) is 5.05. The lowest BCUT2D eigenvalue weighted by molar-refractivity contribution is 1.08. The van der Waals surface area contributed by atoms with Crippen LogP contribution in [0, 0.1) is 0 Å². The molecule has 0 spiro atoms. The van der Waals surface area contributed by atoms with Crippen LogP contribution in [0.4, 0.5) is 0 Å². The first-order valence-electron chi connectivity index (χ1n) is 15.8. The van der Waals surface area contributed by atoms with Crippen molar-refractivity contribution in [2.45, 2.75) is 0 Å². The molecular formula is C42H24N4S2. The van der Waals surface area contributed by atoms with Gasteiger partial charge in [-0.1, -0.05) is 121 Å². The lowest BCUT2D eigenvalue weighted by Crippen LogP contribution is -2.00. The first kappa shape index (κ1) is 27.3. The van der Waals surface area contributed by atoms with Crippen LogP contribution in [0.25, 0.3) is 96.7 Å². The van der Waals surface area contributed by atoms with Crippen LogP contribution in [-0.2, 0) is 0 Å². The van der Waals surface area contributed by atoms with Gasteiger partial charge in [-0.3, -0.25) is 0 Å². The zero-order valence-corrected chi connectivity index (χ0v) is 27.1. The Hall–Kier alpha value is -5.82. The van der Waals surface area contributed by atoms with Gasteiger partial charge >= 0.3 is 0 Å². The summed E-state index contributed by atoms with van der Waals surface area (Å²) < 4.78 is 3.66. The molecule has 3 heterocycles. The van der Waals surface area contributed by atoms with E-state index in [4.69, 9.17) is 19.9 Å². The lowest BCUT2D eigenvalue weighted by atomic mass is 9.99. The molecule has 10 rings (SSSR count). The van der Waals surface area contributed by atoms with E-state index in [9.17, 15) is 0 Å². The molecule has 0 aliphatic heterocycles. The molecule has 0 saturated carbocycles. The summed E-state index contributed by atoms with van der Waals surface area (Å²) in [5, 5.41) is 8.15. The van der Waals surface area contributed by atoms with Crippen LogP contribution in [0.15, 0.2) is 146 Å². The summed E-state index contributed by atoms with van der Waals surface area (Å²) in [4.78, 5) is 20.4. The highest BCUT2D eigenvalue weighted by molar-refractivity contribution is 7.26. The summed E-state index contributed by atoms with van der Waals surface area (Å²) in [6.45, 7) is 0. The van der Waals surface area contributed by atoms with Gasteiger partial charge < -0.3 is 0 Å². The molecule has 0 atom stereocenters. The Kier molecular flexibility index (Phi) is 6.19. The van der Waals surface area contributed by atoms with Crippen molar-refractivity contribution in [2.75, 3.05) is 0 Å². The monoisotopic (exact) mass is 648 g/mol. The van der Waals surface area contributed by atoms with E-state index in [1.165, 1.54) is 41.0 Å². The predicted octanol–water partition coefficient (Wildman–Crippen LogP) is 11.8. The maximum absolute atomic E-state index is 5.20. The second-order valence-electron chi connectivity index (χ2n) is 11.8. The number of thiazole rings is 1. The minimum Gasteiger partial charge on any atom is -0.236 e. The Morgan fingerprint density at radius 1 is 0.396 bits per heavy atom. The van der Waals surface area contributed by atoms with Gasteiger partial charge in [-0.25, -0.2) is 19.9 Å². The van der Waals surface area contributed by atoms with Gasteiger partial charge in [-0.2, -0.15) is 0 Å². The molecule has 0 aliphatic rings. The Balaban J connectivity index is 1.22. The summed E-state index contributed by atoms with van der Waals surface area (Å²) >= 11 is 3.55. The number of aromatic nitrogens is 4. The average Bonchev–Trinajstić information content (AvgIpc) is 3.77. The van der Waals surface area contributed by atoms with Crippen LogP contribution >= 0.6 is 22.7 Å². The van der Waals surface area contributed by atoms with E-state index in [1.54, 1.807) is 22.7 Å². The minimum atomic E-state index is 0.649. The predicted molar refractivity (Wildman–Crippen MR) is 203 cm³/mol. The van der Waals surface area contributed by atoms with Crippen molar-refractivity contribution in [3.8, 4) is 44.7 Å². The molecule has 0 amide bonds. The SMILES string of the molecule is c1ccc(-c2nc(-c3ccc4ccc5ccc6nc(-c7ccccc7)sc6c5c4c3)nc(-c3cccc4sc5ccccc5c34)n2)cc1. The van der Waals surface area contributed by atoms with Crippen LogP contribution in [0.1, 0.15) is 0 Å². The number of nitrogens with zero attached hydrogens (tertiary/aromatic N) is 4. The van der Waals surface area contributed by atoms with Crippen molar-refractivity contribution < 1.29 is 0 Å². The Bertz CT molecular complexity index is 2840. The van der Waals surface area contributed by atoms with Crippen LogP contribution in [-0.4, -0.2) is 19.9 Å². The molecule has 10 aromatic rings. The Morgan fingerprint density at radius 2 is 1.06 bits per heavy atom. The largest absolute Gasteiger partial charge is 0.236 e. The molecule has 0 N–H and O–H groups in total. The van der Waals surface area contributed by atoms with Crippen molar-refractivity contribution in [1.82, 2.24) is 19.9 Å².